The van der Waals surface area contributed by atoms with E-state index in [1.54, 1.807) is 24.3 Å². The first kappa shape index (κ1) is 18.3. The monoisotopic (exact) mass is 351 g/mol. The van der Waals surface area contributed by atoms with Gasteiger partial charge in [-0.1, -0.05) is 6.07 Å². The summed E-state index contributed by atoms with van der Waals surface area (Å²) in [6, 6.07) is 10.8. The Morgan fingerprint density at radius 3 is 2.28 bits per heavy atom. The second kappa shape index (κ2) is 7.69. The van der Waals surface area contributed by atoms with E-state index in [1.807, 2.05) is 0 Å². The molecule has 25 heavy (non-hydrogen) atoms. The van der Waals surface area contributed by atoms with Gasteiger partial charge in [0.15, 0.2) is 0 Å². The Kier molecular flexibility index (Phi) is 5.63. The minimum absolute atomic E-state index is 0.0663. The van der Waals surface area contributed by atoms with Gasteiger partial charge in [0, 0.05) is 24.0 Å². The molecule has 5 nitrogen and oxygen atoms in total. The number of benzene rings is 2. The van der Waals surface area contributed by atoms with Crippen LogP contribution in [0.4, 0.5) is 24.5 Å². The first-order valence-corrected chi connectivity index (χ1v) is 7.33. The van der Waals surface area contributed by atoms with Gasteiger partial charge < -0.3 is 16.0 Å². The first-order valence-electron chi connectivity index (χ1n) is 7.33. The summed E-state index contributed by atoms with van der Waals surface area (Å²) in [5.41, 5.74) is 0.313. The van der Waals surface area contributed by atoms with Crippen molar-refractivity contribution in [2.24, 2.45) is 0 Å². The molecule has 0 aliphatic heterocycles. The molecule has 8 heteroatoms. The molecule has 0 aromatic heterocycles. The molecule has 2 aromatic rings. The summed E-state index contributed by atoms with van der Waals surface area (Å²) in [5, 5.41) is 7.72. The Labute approximate surface area is 142 Å². The van der Waals surface area contributed by atoms with E-state index in [4.69, 9.17) is 0 Å². The largest absolute Gasteiger partial charge is 0.416 e. The fourth-order valence-electron chi connectivity index (χ4n) is 2.04. The average molecular weight is 351 g/mol. The smallest absolute Gasteiger partial charge is 0.376 e. The summed E-state index contributed by atoms with van der Waals surface area (Å²) in [6.45, 7) is -0.129. The number of nitrogens with one attached hydrogen (secondary N) is 3. The van der Waals surface area contributed by atoms with Crippen molar-refractivity contribution in [2.75, 3.05) is 24.2 Å². The van der Waals surface area contributed by atoms with E-state index in [9.17, 15) is 22.8 Å². The highest BCUT2D eigenvalue weighted by Crippen LogP contribution is 2.30. The Balaban J connectivity index is 1.92. The van der Waals surface area contributed by atoms with Crippen molar-refractivity contribution in [2.45, 2.75) is 6.18 Å². The summed E-state index contributed by atoms with van der Waals surface area (Å²) in [4.78, 5) is 23.3. The van der Waals surface area contributed by atoms with Gasteiger partial charge in [-0.15, -0.1) is 0 Å². The maximum Gasteiger partial charge on any atom is 0.416 e. The summed E-state index contributed by atoms with van der Waals surface area (Å²) in [5.74, 6) is -0.719. The molecule has 3 N–H and O–H groups in total. The molecular formula is C17H16F3N3O2. The Morgan fingerprint density at radius 2 is 1.68 bits per heavy atom. The van der Waals surface area contributed by atoms with E-state index in [0.717, 1.165) is 12.1 Å². The lowest BCUT2D eigenvalue weighted by Crippen LogP contribution is -2.22. The topological polar surface area (TPSA) is 70.2 Å². The SMILES string of the molecule is CNC(=O)c1ccc(NCC(=O)Nc2cccc(C(F)(F)F)c2)cc1. The summed E-state index contributed by atoms with van der Waals surface area (Å²) in [7, 11) is 1.52. The molecule has 0 aliphatic carbocycles. The zero-order valence-corrected chi connectivity index (χ0v) is 13.3. The van der Waals surface area contributed by atoms with Crippen LogP contribution < -0.4 is 16.0 Å². The maximum atomic E-state index is 12.6. The predicted octanol–water partition coefficient (Wildman–Crippen LogP) is 3.12. The van der Waals surface area contributed by atoms with Crippen LogP contribution in [0.3, 0.4) is 0 Å². The van der Waals surface area contributed by atoms with Gasteiger partial charge in [-0.05, 0) is 42.5 Å². The van der Waals surface area contributed by atoms with Gasteiger partial charge in [0.2, 0.25) is 5.91 Å². The van der Waals surface area contributed by atoms with E-state index in [-0.39, 0.29) is 18.1 Å². The summed E-state index contributed by atoms with van der Waals surface area (Å²) < 4.78 is 37.9. The van der Waals surface area contributed by atoms with Crippen LogP contribution in [0.25, 0.3) is 0 Å². The molecule has 2 amide bonds. The fourth-order valence-corrected chi connectivity index (χ4v) is 2.04. The van der Waals surface area contributed by atoms with Crippen molar-refractivity contribution in [3.63, 3.8) is 0 Å². The van der Waals surface area contributed by atoms with Crippen molar-refractivity contribution >= 4 is 23.2 Å². The fraction of sp³-hybridized carbons (Fsp3) is 0.176. The van der Waals surface area contributed by atoms with Gasteiger partial charge in [-0.3, -0.25) is 9.59 Å². The molecule has 0 saturated heterocycles. The predicted molar refractivity (Wildman–Crippen MR) is 88.4 cm³/mol. The molecule has 2 aromatic carbocycles. The third-order valence-corrected chi connectivity index (χ3v) is 3.30. The number of carbonyl (C=O) groups excluding carboxylic acids is 2. The Hall–Kier alpha value is -3.03. The molecule has 2 rings (SSSR count). The molecular weight excluding hydrogens is 335 g/mol. The molecule has 0 atom stereocenters. The van der Waals surface area contributed by atoms with Gasteiger partial charge in [0.1, 0.15) is 0 Å². The van der Waals surface area contributed by atoms with Gasteiger partial charge in [0.25, 0.3) is 5.91 Å². The standard InChI is InChI=1S/C17H16F3N3O2/c1-21-16(25)11-5-7-13(8-6-11)22-10-15(24)23-14-4-2-3-12(9-14)17(18,19)20/h2-9,22H,10H2,1H3,(H,21,25)(H,23,24). The van der Waals surface area contributed by atoms with E-state index < -0.39 is 17.6 Å². The van der Waals surface area contributed by atoms with Crippen LogP contribution in [-0.4, -0.2) is 25.4 Å². The van der Waals surface area contributed by atoms with Crippen LogP contribution in [0.2, 0.25) is 0 Å². The van der Waals surface area contributed by atoms with Crippen LogP contribution in [0.5, 0.6) is 0 Å². The number of hydrogen-bond acceptors (Lipinski definition) is 3. The van der Waals surface area contributed by atoms with Gasteiger partial charge >= 0.3 is 6.18 Å². The van der Waals surface area contributed by atoms with Crippen LogP contribution in [0.15, 0.2) is 48.5 Å². The minimum Gasteiger partial charge on any atom is -0.376 e. The minimum atomic E-state index is -4.47. The van der Waals surface area contributed by atoms with Crippen molar-refractivity contribution in [3.8, 4) is 0 Å². The highest BCUT2D eigenvalue weighted by molar-refractivity contribution is 5.95. The number of hydrogen-bond donors (Lipinski definition) is 3. The number of rotatable bonds is 5. The highest BCUT2D eigenvalue weighted by atomic mass is 19.4. The summed E-state index contributed by atoms with van der Waals surface area (Å²) >= 11 is 0. The number of halogens is 3. The first-order chi connectivity index (χ1) is 11.8. The highest BCUT2D eigenvalue weighted by Gasteiger charge is 2.30. The van der Waals surface area contributed by atoms with Crippen molar-refractivity contribution in [1.29, 1.82) is 0 Å². The molecule has 0 spiro atoms. The van der Waals surface area contributed by atoms with E-state index in [2.05, 4.69) is 16.0 Å². The molecule has 132 valence electrons. The second-order valence-corrected chi connectivity index (χ2v) is 5.14. The maximum absolute atomic E-state index is 12.6. The van der Waals surface area contributed by atoms with Crippen LogP contribution >= 0.6 is 0 Å². The lowest BCUT2D eigenvalue weighted by molar-refractivity contribution is -0.137. The average Bonchev–Trinajstić information content (AvgIpc) is 2.59. The number of carbonyl (C=O) groups is 2. The molecule has 0 fully saturated rings. The Morgan fingerprint density at radius 1 is 1.00 bits per heavy atom. The lowest BCUT2D eigenvalue weighted by atomic mass is 10.2. The quantitative estimate of drug-likeness (QED) is 0.775. The molecule has 0 heterocycles. The van der Waals surface area contributed by atoms with E-state index in [1.165, 1.54) is 19.2 Å². The summed E-state index contributed by atoms with van der Waals surface area (Å²) in [6.07, 6.45) is -4.47. The lowest BCUT2D eigenvalue weighted by Gasteiger charge is -2.11. The van der Waals surface area contributed by atoms with E-state index in [0.29, 0.717) is 11.3 Å². The van der Waals surface area contributed by atoms with Crippen LogP contribution in [0.1, 0.15) is 15.9 Å². The molecule has 0 bridgehead atoms. The third kappa shape index (κ3) is 5.23. The van der Waals surface area contributed by atoms with E-state index >= 15 is 0 Å². The molecule has 0 radical (unpaired) electrons. The molecule has 0 unspecified atom stereocenters. The van der Waals surface area contributed by atoms with Crippen LogP contribution in [0, 0.1) is 0 Å². The number of amides is 2. The number of alkyl halides is 3. The molecule has 0 saturated carbocycles. The zero-order chi connectivity index (χ0) is 18.4. The normalized spacial score (nSPS) is 10.9. The second-order valence-electron chi connectivity index (χ2n) is 5.14. The van der Waals surface area contributed by atoms with Gasteiger partial charge in [-0.2, -0.15) is 13.2 Å². The third-order valence-electron chi connectivity index (χ3n) is 3.30. The van der Waals surface area contributed by atoms with Crippen LogP contribution in [-0.2, 0) is 11.0 Å². The van der Waals surface area contributed by atoms with Crippen molar-refractivity contribution < 1.29 is 22.8 Å². The molecule has 0 aliphatic rings. The zero-order valence-electron chi connectivity index (χ0n) is 13.3. The van der Waals surface area contributed by atoms with Crippen molar-refractivity contribution in [1.82, 2.24) is 5.32 Å². The number of anilines is 2. The van der Waals surface area contributed by atoms with Gasteiger partial charge in [-0.25, -0.2) is 0 Å². The van der Waals surface area contributed by atoms with Gasteiger partial charge in [0.05, 0.1) is 12.1 Å². The van der Waals surface area contributed by atoms with Crippen molar-refractivity contribution in [3.05, 3.63) is 59.7 Å². The Bertz CT molecular complexity index is 758.